The van der Waals surface area contributed by atoms with Gasteiger partial charge in [-0.15, -0.1) is 11.3 Å². The summed E-state index contributed by atoms with van der Waals surface area (Å²) in [5.41, 5.74) is 7.14. The van der Waals surface area contributed by atoms with E-state index in [-0.39, 0.29) is 11.8 Å². The molecule has 1 aromatic heterocycles. The highest BCUT2D eigenvalue weighted by atomic mass is 32.1. The Balaban J connectivity index is 2.74. The fraction of sp³-hybridized carbons (Fsp3) is 0.600. The predicted molar refractivity (Wildman–Crippen MR) is 85.6 cm³/mol. The number of hydrogen-bond acceptors (Lipinski definition) is 5. The zero-order chi connectivity index (χ0) is 16.0. The largest absolute Gasteiger partial charge is 0.465 e. The topological polar surface area (TPSA) is 81.4 Å². The minimum atomic E-state index is -0.430. The smallest absolute Gasteiger partial charge is 0.350 e. The van der Waals surface area contributed by atoms with Gasteiger partial charge in [-0.05, 0) is 42.7 Å². The molecule has 21 heavy (non-hydrogen) atoms. The molecule has 0 aliphatic heterocycles. The van der Waals surface area contributed by atoms with Crippen LogP contribution in [0.3, 0.4) is 0 Å². The number of nitrogens with one attached hydrogen (secondary N) is 1. The van der Waals surface area contributed by atoms with Crippen molar-refractivity contribution in [3.8, 4) is 0 Å². The monoisotopic (exact) mass is 312 g/mol. The van der Waals surface area contributed by atoms with E-state index in [1.54, 1.807) is 0 Å². The van der Waals surface area contributed by atoms with Crippen LogP contribution in [0.15, 0.2) is 5.38 Å². The van der Waals surface area contributed by atoms with E-state index in [4.69, 9.17) is 10.5 Å². The minimum Gasteiger partial charge on any atom is -0.465 e. The number of hydrogen-bond donors (Lipinski definition) is 2. The first kappa shape index (κ1) is 17.7. The van der Waals surface area contributed by atoms with Crippen molar-refractivity contribution in [2.24, 2.45) is 17.6 Å². The molecular formula is C15H24N2O3S. The average Bonchev–Trinajstić information content (AvgIpc) is 2.78. The van der Waals surface area contributed by atoms with Crippen LogP contribution in [-0.4, -0.2) is 25.5 Å². The molecule has 1 heterocycles. The van der Waals surface area contributed by atoms with E-state index in [2.05, 4.69) is 19.2 Å². The van der Waals surface area contributed by atoms with Gasteiger partial charge in [-0.25, -0.2) is 4.79 Å². The molecule has 6 heteroatoms. The number of carbonyl (C=O) groups excluding carboxylic acids is 2. The first-order chi connectivity index (χ1) is 9.88. The second kappa shape index (κ2) is 8.14. The van der Waals surface area contributed by atoms with Gasteiger partial charge in [-0.2, -0.15) is 0 Å². The molecule has 0 radical (unpaired) electrons. The Morgan fingerprint density at radius 1 is 1.43 bits per heavy atom. The molecule has 0 aromatic carbocycles. The highest BCUT2D eigenvalue weighted by Crippen LogP contribution is 2.28. The van der Waals surface area contributed by atoms with E-state index < -0.39 is 5.97 Å². The van der Waals surface area contributed by atoms with Crippen LogP contribution in [0.1, 0.15) is 41.9 Å². The normalized spacial score (nSPS) is 12.3. The van der Waals surface area contributed by atoms with Gasteiger partial charge in [-0.3, -0.25) is 4.79 Å². The lowest BCUT2D eigenvalue weighted by molar-refractivity contribution is -0.117. The van der Waals surface area contributed by atoms with Crippen molar-refractivity contribution in [2.75, 3.05) is 19.0 Å². The molecule has 0 aliphatic rings. The summed E-state index contributed by atoms with van der Waals surface area (Å²) in [6, 6.07) is 0. The maximum atomic E-state index is 12.2. The molecule has 0 spiro atoms. The zero-order valence-electron chi connectivity index (χ0n) is 13.1. The Hall–Kier alpha value is -1.40. The summed E-state index contributed by atoms with van der Waals surface area (Å²) < 4.78 is 4.73. The van der Waals surface area contributed by atoms with Crippen LogP contribution in [-0.2, 0) is 9.53 Å². The van der Waals surface area contributed by atoms with Crippen LogP contribution in [0.4, 0.5) is 5.69 Å². The van der Waals surface area contributed by atoms with Crippen molar-refractivity contribution in [1.82, 2.24) is 0 Å². The number of methoxy groups -OCH3 is 1. The molecule has 0 bridgehead atoms. The van der Waals surface area contributed by atoms with Gasteiger partial charge in [-0.1, -0.05) is 13.8 Å². The number of carbonyl (C=O) groups is 2. The van der Waals surface area contributed by atoms with Crippen molar-refractivity contribution >= 4 is 28.9 Å². The van der Waals surface area contributed by atoms with Crippen molar-refractivity contribution in [3.05, 3.63) is 15.8 Å². The number of nitrogens with two attached hydrogens (primary N) is 1. The molecule has 0 fully saturated rings. The molecule has 1 unspecified atom stereocenters. The Morgan fingerprint density at radius 2 is 2.10 bits per heavy atom. The van der Waals surface area contributed by atoms with Crippen LogP contribution >= 0.6 is 11.3 Å². The average molecular weight is 312 g/mol. The quantitative estimate of drug-likeness (QED) is 0.759. The van der Waals surface area contributed by atoms with Gasteiger partial charge < -0.3 is 15.8 Å². The van der Waals surface area contributed by atoms with E-state index in [0.717, 1.165) is 12.0 Å². The van der Waals surface area contributed by atoms with E-state index >= 15 is 0 Å². The van der Waals surface area contributed by atoms with Crippen LogP contribution in [0, 0.1) is 18.8 Å². The van der Waals surface area contributed by atoms with Crippen LogP contribution in [0.5, 0.6) is 0 Å². The number of amides is 1. The molecule has 1 atom stereocenters. The minimum absolute atomic E-state index is 0.113. The molecule has 118 valence electrons. The third-order valence-corrected chi connectivity index (χ3v) is 4.30. The number of aryl methyl sites for hydroxylation is 1. The summed E-state index contributed by atoms with van der Waals surface area (Å²) in [5.74, 6) is 0.115. The summed E-state index contributed by atoms with van der Waals surface area (Å²) in [7, 11) is 1.33. The lowest BCUT2D eigenvalue weighted by Crippen LogP contribution is -2.24. The van der Waals surface area contributed by atoms with Crippen LogP contribution < -0.4 is 11.1 Å². The molecule has 1 aromatic rings. The Kier molecular flexibility index (Phi) is 6.84. The highest BCUT2D eigenvalue weighted by molar-refractivity contribution is 7.12. The van der Waals surface area contributed by atoms with Crippen molar-refractivity contribution in [3.63, 3.8) is 0 Å². The second-order valence-electron chi connectivity index (χ2n) is 5.60. The van der Waals surface area contributed by atoms with Gasteiger partial charge in [0.05, 0.1) is 12.8 Å². The van der Waals surface area contributed by atoms with E-state index in [1.165, 1.54) is 18.4 Å². The molecule has 0 aliphatic carbocycles. The summed E-state index contributed by atoms with van der Waals surface area (Å²) in [5, 5.41) is 4.66. The second-order valence-corrected chi connectivity index (χ2v) is 6.48. The van der Waals surface area contributed by atoms with Gasteiger partial charge >= 0.3 is 5.97 Å². The summed E-state index contributed by atoms with van der Waals surface area (Å²) in [6.45, 7) is 6.56. The summed E-state index contributed by atoms with van der Waals surface area (Å²) in [4.78, 5) is 24.3. The molecule has 1 rings (SSSR count). The van der Waals surface area contributed by atoms with Crippen molar-refractivity contribution in [1.29, 1.82) is 0 Å². The molecule has 5 nitrogen and oxygen atoms in total. The van der Waals surface area contributed by atoms with Crippen molar-refractivity contribution in [2.45, 2.75) is 33.6 Å². The first-order valence-corrected chi connectivity index (χ1v) is 7.93. The Morgan fingerprint density at radius 3 is 2.62 bits per heavy atom. The molecule has 0 saturated heterocycles. The zero-order valence-corrected chi connectivity index (χ0v) is 13.9. The fourth-order valence-electron chi connectivity index (χ4n) is 2.22. The molecule has 3 N–H and O–H groups in total. The number of thiophene rings is 1. The van der Waals surface area contributed by atoms with Gasteiger partial charge in [0.2, 0.25) is 5.91 Å². The fourth-order valence-corrected chi connectivity index (χ4v) is 3.15. The van der Waals surface area contributed by atoms with Crippen LogP contribution in [0.2, 0.25) is 0 Å². The number of rotatable bonds is 7. The maximum Gasteiger partial charge on any atom is 0.350 e. The van der Waals surface area contributed by atoms with E-state index in [1.807, 2.05) is 12.3 Å². The first-order valence-electron chi connectivity index (χ1n) is 7.05. The Bertz CT molecular complexity index is 497. The predicted octanol–water partition coefficient (Wildman–Crippen LogP) is 2.79. The highest BCUT2D eigenvalue weighted by Gasteiger charge is 2.20. The standard InChI is InChI=1S/C15H24N2O3S/c1-9(2)5-11(7-16)6-12(18)17-13-10(3)8-21-14(13)15(19)20-4/h8-9,11H,5-7,16H2,1-4H3,(H,17,18). The number of ether oxygens (including phenoxy) is 1. The summed E-state index contributed by atoms with van der Waals surface area (Å²) in [6.07, 6.45) is 1.28. The van der Waals surface area contributed by atoms with E-state index in [9.17, 15) is 9.59 Å². The third-order valence-electron chi connectivity index (χ3n) is 3.22. The molecular weight excluding hydrogens is 288 g/mol. The maximum absolute atomic E-state index is 12.2. The number of anilines is 1. The lowest BCUT2D eigenvalue weighted by Gasteiger charge is -2.16. The van der Waals surface area contributed by atoms with Gasteiger partial charge in [0.25, 0.3) is 0 Å². The molecule has 0 saturated carbocycles. The van der Waals surface area contributed by atoms with Gasteiger partial charge in [0.1, 0.15) is 4.88 Å². The van der Waals surface area contributed by atoms with Crippen LogP contribution in [0.25, 0.3) is 0 Å². The van der Waals surface area contributed by atoms with Gasteiger partial charge in [0.15, 0.2) is 0 Å². The molecule has 1 amide bonds. The number of esters is 1. The lowest BCUT2D eigenvalue weighted by atomic mass is 9.94. The van der Waals surface area contributed by atoms with Gasteiger partial charge in [0, 0.05) is 6.42 Å². The van der Waals surface area contributed by atoms with Crippen molar-refractivity contribution < 1.29 is 14.3 Å². The third kappa shape index (κ3) is 5.13. The summed E-state index contributed by atoms with van der Waals surface area (Å²) >= 11 is 1.27. The SMILES string of the molecule is COC(=O)c1scc(C)c1NC(=O)CC(CN)CC(C)C. The van der Waals surface area contributed by atoms with E-state index in [0.29, 0.717) is 29.4 Å². The Labute approximate surface area is 129 Å².